The van der Waals surface area contributed by atoms with Crippen molar-refractivity contribution in [2.75, 3.05) is 19.6 Å². The molecule has 0 N–H and O–H groups in total. The number of anilines is 4. The Kier molecular flexibility index (Phi) is 11.6. The van der Waals surface area contributed by atoms with E-state index in [0.29, 0.717) is 0 Å². The number of nitrogens with zero attached hydrogens (tertiary/aromatic N) is 11. The summed E-state index contributed by atoms with van der Waals surface area (Å²) in [5.74, 6) is 4.16. The lowest BCUT2D eigenvalue weighted by atomic mass is 9.69. The number of aliphatic imine (C=N–C) groups is 3. The monoisotopic (exact) mass is 1220 g/mol. The Morgan fingerprint density at radius 3 is 0.778 bits per heavy atom. The number of hydrogen-bond acceptors (Lipinski definition) is 11. The van der Waals surface area contributed by atoms with Gasteiger partial charge in [-0.25, -0.2) is 15.0 Å². The molecule has 0 atom stereocenters. The molecule has 13 rings (SSSR count). The second-order valence-corrected chi connectivity index (χ2v) is 37.6. The molecule has 2 aliphatic carbocycles. The van der Waals surface area contributed by atoms with Gasteiger partial charge in [-0.15, -0.1) is 0 Å². The highest BCUT2D eigenvalue weighted by molar-refractivity contribution is 6.08. The van der Waals surface area contributed by atoms with E-state index in [0.717, 1.165) is 46.4 Å². The van der Waals surface area contributed by atoms with Crippen LogP contribution in [0.4, 0.5) is 22.7 Å². The highest BCUT2D eigenvalue weighted by Gasteiger charge is 2.70. The number of hydrogen-bond donors (Lipinski definition) is 0. The van der Waals surface area contributed by atoms with Gasteiger partial charge < -0.3 is 39.2 Å². The first-order valence-electron chi connectivity index (χ1n) is 34.0. The van der Waals surface area contributed by atoms with Crippen LogP contribution in [0.15, 0.2) is 100 Å². The van der Waals surface area contributed by atoms with Crippen molar-refractivity contribution in [2.24, 2.45) is 20.4 Å². The van der Waals surface area contributed by atoms with E-state index in [4.69, 9.17) is 21.6 Å². The Hall–Kier alpha value is -5.97. The molecule has 0 unspecified atom stereocenters. The van der Waals surface area contributed by atoms with Crippen LogP contribution in [0.2, 0.25) is 0 Å². The van der Waals surface area contributed by atoms with Crippen molar-refractivity contribution in [1.82, 2.24) is 19.6 Å². The quantitative estimate of drug-likeness (QED) is 0.169. The summed E-state index contributed by atoms with van der Waals surface area (Å²) < 4.78 is 0. The predicted octanol–water partition coefficient (Wildman–Crippen LogP) is 17.8. The van der Waals surface area contributed by atoms with Gasteiger partial charge in [0.25, 0.3) is 0 Å². The van der Waals surface area contributed by atoms with Crippen molar-refractivity contribution in [2.45, 2.75) is 317 Å². The van der Waals surface area contributed by atoms with Gasteiger partial charge in [-0.1, -0.05) is 51.6 Å². The zero-order valence-corrected chi connectivity index (χ0v) is 62.1. The summed E-state index contributed by atoms with van der Waals surface area (Å²) in [5.41, 5.74) is 9.23. The van der Waals surface area contributed by atoms with E-state index in [2.05, 4.69) is 340 Å². The molecule has 0 saturated carbocycles. The fourth-order valence-corrected chi connectivity index (χ4v) is 18.7. The van der Waals surface area contributed by atoms with Crippen molar-refractivity contribution >= 4 is 40.6 Å². The third kappa shape index (κ3) is 6.63. The second kappa shape index (κ2) is 16.7. The number of benzene rings is 4. The van der Waals surface area contributed by atoms with Crippen LogP contribution in [0.5, 0.6) is 0 Å². The minimum Gasteiger partial charge on any atom is -0.345 e. The Morgan fingerprint density at radius 1 is 0.300 bits per heavy atom. The number of guanidine groups is 3. The van der Waals surface area contributed by atoms with Gasteiger partial charge in [-0.3, -0.25) is 0 Å². The van der Waals surface area contributed by atoms with Crippen LogP contribution in [0.3, 0.4) is 0 Å². The SMILES string of the molecule is C=C1N(c2ccc3c(c2)C2(c4cc(N5C6=NC(C)(C)C(C)(C)N6C(C)(C)C5(C)C)ccc4-3)c3cc(N4C5=NC(C)(C)C(C)(C)N5C(C)(C)C4(C)C)ccc3-c3ccc(N4C5=NC(C)(C)C(C)(C)N5C(C)(C)C4(C)C)cc32)C(C)(C)C(C)(C)N1C(C)(C)C(C)(C)C. The average molecular weight is 1220 g/mol. The molecule has 11 nitrogen and oxygen atoms in total. The van der Waals surface area contributed by atoms with E-state index < -0.39 is 5.41 Å². The Labute approximate surface area is 544 Å². The third-order valence-corrected chi connectivity index (χ3v) is 29.1. The average Bonchev–Trinajstić information content (AvgIpc) is 1.51. The van der Waals surface area contributed by atoms with Gasteiger partial charge in [-0.05, 0) is 306 Å². The first-order chi connectivity index (χ1) is 40.5. The van der Waals surface area contributed by atoms with Gasteiger partial charge in [0.2, 0.25) is 17.9 Å². The highest BCUT2D eigenvalue weighted by Crippen LogP contribution is 2.68. The zero-order chi connectivity index (χ0) is 67.0. The van der Waals surface area contributed by atoms with Crippen LogP contribution in [0, 0.1) is 5.41 Å². The third-order valence-electron chi connectivity index (χ3n) is 29.1. The molecule has 7 heterocycles. The molecule has 11 heteroatoms. The Balaban J connectivity index is 1.15. The van der Waals surface area contributed by atoms with Gasteiger partial charge >= 0.3 is 0 Å². The summed E-state index contributed by atoms with van der Waals surface area (Å²) in [5, 5.41) is 0. The molecular formula is C79H113N11. The molecule has 90 heavy (non-hydrogen) atoms. The lowest BCUT2D eigenvalue weighted by Gasteiger charge is -2.54. The molecule has 4 saturated heterocycles. The lowest BCUT2D eigenvalue weighted by molar-refractivity contribution is -0.0145. The minimum atomic E-state index is -0.836. The summed E-state index contributed by atoms with van der Waals surface area (Å²) in [6, 6.07) is 30.0. The molecule has 0 aromatic heterocycles. The maximum absolute atomic E-state index is 5.77. The molecule has 4 aromatic carbocycles. The predicted molar refractivity (Wildman–Crippen MR) is 382 cm³/mol. The van der Waals surface area contributed by atoms with E-state index in [9.17, 15) is 0 Å². The van der Waals surface area contributed by atoms with Crippen molar-refractivity contribution in [3.05, 3.63) is 107 Å². The largest absolute Gasteiger partial charge is 0.345 e. The van der Waals surface area contributed by atoms with E-state index >= 15 is 0 Å². The molecular weight excluding hydrogens is 1100 g/mol. The number of fused-ring (bicyclic) bond motifs is 13. The molecule has 484 valence electrons. The van der Waals surface area contributed by atoms with Crippen LogP contribution in [0.25, 0.3) is 22.3 Å². The zero-order valence-electron chi connectivity index (χ0n) is 62.1. The molecule has 9 aliphatic rings. The van der Waals surface area contributed by atoms with Crippen LogP contribution in [0.1, 0.15) is 251 Å². The van der Waals surface area contributed by atoms with Crippen molar-refractivity contribution in [3.63, 3.8) is 0 Å². The summed E-state index contributed by atoms with van der Waals surface area (Å²) in [7, 11) is 0. The summed E-state index contributed by atoms with van der Waals surface area (Å²) in [6.07, 6.45) is 0. The standard InChI is InChI=1S/C79H113N11/c1-47-83(71(19,20)75(27,28)87(47)67(11,12)63(2,3)4)48-35-39-52-53-40-36-49(84-60-80-64(5,6)68(13,14)88(60)76(29,30)72(84,21)22)44-57(53)79(56(52)43-48)58-45-50(85-61-81-65(7,8)69(15,16)89(61)77(31,32)73(85,23)24)37-41-54(58)55-42-38-51(46-59(55)79)86-62-82-66(9,10)70(17,18)90(62)78(33,34)74(86,25)26/h35-46H,1H2,2-34H3. The van der Waals surface area contributed by atoms with Crippen LogP contribution in [-0.2, 0) is 5.41 Å². The van der Waals surface area contributed by atoms with E-state index in [1.807, 2.05) is 0 Å². The smallest absolute Gasteiger partial charge is 0.203 e. The van der Waals surface area contributed by atoms with Crippen molar-refractivity contribution in [3.8, 4) is 22.3 Å². The van der Waals surface area contributed by atoms with Crippen LogP contribution < -0.4 is 19.6 Å². The highest BCUT2D eigenvalue weighted by atomic mass is 15.6. The number of rotatable bonds is 5. The van der Waals surface area contributed by atoms with Crippen LogP contribution in [-0.4, -0.2) is 121 Å². The first-order valence-corrected chi connectivity index (χ1v) is 34.0. The van der Waals surface area contributed by atoms with E-state index in [1.54, 1.807) is 0 Å². The van der Waals surface area contributed by atoms with Crippen LogP contribution >= 0.6 is 0 Å². The van der Waals surface area contributed by atoms with Gasteiger partial charge in [0.05, 0.1) is 83.0 Å². The van der Waals surface area contributed by atoms with Gasteiger partial charge in [-0.2, -0.15) is 0 Å². The molecule has 0 bridgehead atoms. The molecule has 0 amide bonds. The van der Waals surface area contributed by atoms with Gasteiger partial charge in [0.15, 0.2) is 0 Å². The maximum atomic E-state index is 5.77. The van der Waals surface area contributed by atoms with E-state index in [-0.39, 0.29) is 88.5 Å². The lowest BCUT2D eigenvalue weighted by Crippen LogP contribution is -2.63. The summed E-state index contributed by atoms with van der Waals surface area (Å²) >= 11 is 0. The van der Waals surface area contributed by atoms with Gasteiger partial charge in [0, 0.05) is 28.3 Å². The first kappa shape index (κ1) is 62.8. The molecule has 4 aromatic rings. The molecule has 7 aliphatic heterocycles. The molecule has 4 fully saturated rings. The fourth-order valence-electron chi connectivity index (χ4n) is 18.7. The normalized spacial score (nSPS) is 27.0. The van der Waals surface area contributed by atoms with Gasteiger partial charge in [0.1, 0.15) is 5.82 Å². The van der Waals surface area contributed by atoms with Crippen molar-refractivity contribution < 1.29 is 0 Å². The molecule has 1 spiro atoms. The Bertz CT molecular complexity index is 3710. The maximum Gasteiger partial charge on any atom is 0.203 e. The Morgan fingerprint density at radius 2 is 0.533 bits per heavy atom. The fraction of sp³-hybridized carbons (Fsp3) is 0.633. The molecule has 0 radical (unpaired) electrons. The second-order valence-electron chi connectivity index (χ2n) is 37.6. The minimum absolute atomic E-state index is 0.0590. The van der Waals surface area contributed by atoms with Crippen molar-refractivity contribution in [1.29, 1.82) is 0 Å². The van der Waals surface area contributed by atoms with E-state index in [1.165, 1.54) is 44.5 Å². The summed E-state index contributed by atoms with van der Waals surface area (Å²) in [4.78, 5) is 38.3. The summed E-state index contributed by atoms with van der Waals surface area (Å²) in [6.45, 7) is 84.3. The topological polar surface area (TPSA) is 63.0 Å².